The molecular weight excluding hydrogens is 702 g/mol. The van der Waals surface area contributed by atoms with Crippen molar-refractivity contribution in [2.75, 3.05) is 100 Å². The molecule has 10 nitrogen and oxygen atoms in total. The van der Waals surface area contributed by atoms with Gasteiger partial charge in [-0.3, -0.25) is 4.79 Å². The average Bonchev–Trinajstić information content (AvgIpc) is 3.15. The number of nitrogens with zero attached hydrogens (tertiary/aromatic N) is 4. The SMILES string of the molecule is CNS(=O)(=O)c1ccc(N2CCOCC2)c(C(=O)N2CCN(c3ccc(C(F)(F)F)cc3)CC2)c1.FC(F)(F)c1ccc(N2CCNCC2)cc1. The Bertz CT molecular complexity index is 1720. The summed E-state index contributed by atoms with van der Waals surface area (Å²) in [5.74, 6) is -0.285. The maximum absolute atomic E-state index is 13.5. The highest BCUT2D eigenvalue weighted by Gasteiger charge is 2.32. The maximum atomic E-state index is 13.5. The minimum Gasteiger partial charge on any atom is -0.378 e. The predicted octanol–water partition coefficient (Wildman–Crippen LogP) is 4.53. The lowest BCUT2D eigenvalue weighted by Crippen LogP contribution is -2.49. The average molecular weight is 743 g/mol. The van der Waals surface area contributed by atoms with Crippen LogP contribution < -0.4 is 24.7 Å². The molecule has 3 fully saturated rings. The number of piperazine rings is 2. The number of ether oxygens (including phenoxy) is 1. The topological polar surface area (TPSA) is 97.5 Å². The lowest BCUT2D eigenvalue weighted by Gasteiger charge is -2.37. The normalized spacial score (nSPS) is 17.5. The monoisotopic (exact) mass is 742 g/mol. The first kappa shape index (κ1) is 38.2. The highest BCUT2D eigenvalue weighted by molar-refractivity contribution is 7.89. The van der Waals surface area contributed by atoms with Gasteiger partial charge in [0.05, 0.1) is 34.8 Å². The van der Waals surface area contributed by atoms with E-state index in [1.165, 1.54) is 43.4 Å². The third kappa shape index (κ3) is 9.64. The van der Waals surface area contributed by atoms with E-state index in [1.807, 2.05) is 9.80 Å². The van der Waals surface area contributed by atoms with E-state index < -0.39 is 33.5 Å². The Kier molecular flexibility index (Phi) is 12.0. The number of rotatable bonds is 6. The van der Waals surface area contributed by atoms with Gasteiger partial charge in [-0.25, -0.2) is 13.1 Å². The summed E-state index contributed by atoms with van der Waals surface area (Å²) in [6.07, 6.45) is -8.64. The zero-order valence-electron chi connectivity index (χ0n) is 27.9. The number of halogens is 6. The molecule has 0 bridgehead atoms. The molecule has 0 spiro atoms. The number of benzene rings is 3. The molecule has 0 aliphatic carbocycles. The van der Waals surface area contributed by atoms with Crippen LogP contribution in [0.5, 0.6) is 0 Å². The van der Waals surface area contributed by atoms with Crippen LogP contribution in [0.2, 0.25) is 0 Å². The number of carbonyl (C=O) groups is 1. The Morgan fingerprint density at radius 1 is 0.686 bits per heavy atom. The van der Waals surface area contributed by atoms with Crippen LogP contribution in [-0.2, 0) is 27.1 Å². The standard InChI is InChI=1S/C23H27F3N4O4S.C11H13F3N2/c1-27-35(32,33)19-6-7-21(29-12-14-34-15-13-29)20(16-19)22(31)30-10-8-28(9-11-30)18-4-2-17(3-5-18)23(24,25)26;12-11(13,14)9-1-3-10(4-2-9)16-7-5-15-6-8-16/h2-7,16,27H,8-15H2,1H3;1-4,15H,5-8H2. The van der Waals surface area contributed by atoms with E-state index in [9.17, 15) is 39.6 Å². The van der Waals surface area contributed by atoms with Crippen molar-refractivity contribution in [1.29, 1.82) is 0 Å². The van der Waals surface area contributed by atoms with E-state index in [1.54, 1.807) is 11.0 Å². The van der Waals surface area contributed by atoms with Crippen molar-refractivity contribution in [2.24, 2.45) is 0 Å². The molecule has 3 aliphatic heterocycles. The Labute approximate surface area is 293 Å². The van der Waals surface area contributed by atoms with E-state index in [0.29, 0.717) is 69.4 Å². The summed E-state index contributed by atoms with van der Waals surface area (Å²) in [6.45, 7) is 7.21. The van der Waals surface area contributed by atoms with Gasteiger partial charge in [-0.1, -0.05) is 0 Å². The van der Waals surface area contributed by atoms with E-state index in [4.69, 9.17) is 4.74 Å². The van der Waals surface area contributed by atoms with Crippen LogP contribution in [0.25, 0.3) is 0 Å². The number of carbonyl (C=O) groups excluding carboxylic acids is 1. The first-order valence-electron chi connectivity index (χ1n) is 16.4. The molecule has 3 aliphatic rings. The fourth-order valence-electron chi connectivity index (χ4n) is 6.04. The van der Waals surface area contributed by atoms with Crippen LogP contribution in [0, 0.1) is 0 Å². The summed E-state index contributed by atoms with van der Waals surface area (Å²) in [4.78, 5) is 21.2. The van der Waals surface area contributed by atoms with Crippen LogP contribution in [0.3, 0.4) is 0 Å². The minimum absolute atomic E-state index is 0.00347. The molecule has 0 aromatic heterocycles. The van der Waals surface area contributed by atoms with Gasteiger partial charge >= 0.3 is 12.4 Å². The van der Waals surface area contributed by atoms with Crippen molar-refractivity contribution in [2.45, 2.75) is 17.2 Å². The first-order valence-corrected chi connectivity index (χ1v) is 17.9. The fourth-order valence-corrected chi connectivity index (χ4v) is 6.79. The Hall–Kier alpha value is -4.06. The van der Waals surface area contributed by atoms with Gasteiger partial charge in [0, 0.05) is 82.5 Å². The summed E-state index contributed by atoms with van der Waals surface area (Å²) < 4.78 is 108. The van der Waals surface area contributed by atoms with Gasteiger partial charge in [-0.15, -0.1) is 0 Å². The van der Waals surface area contributed by atoms with Crippen LogP contribution in [0.1, 0.15) is 21.5 Å². The number of amides is 1. The molecule has 278 valence electrons. The van der Waals surface area contributed by atoms with Gasteiger partial charge in [-0.05, 0) is 73.8 Å². The number of hydrogen-bond acceptors (Lipinski definition) is 8. The number of sulfonamides is 1. The highest BCUT2D eigenvalue weighted by atomic mass is 32.2. The molecule has 6 rings (SSSR count). The maximum Gasteiger partial charge on any atom is 0.416 e. The quantitative estimate of drug-likeness (QED) is 0.356. The number of alkyl halides is 6. The fraction of sp³-hybridized carbons (Fsp3) is 0.441. The lowest BCUT2D eigenvalue weighted by molar-refractivity contribution is -0.138. The number of nitrogens with one attached hydrogen (secondary N) is 2. The Balaban J connectivity index is 0.000000262. The van der Waals surface area contributed by atoms with Gasteiger partial charge < -0.3 is 29.7 Å². The highest BCUT2D eigenvalue weighted by Crippen LogP contribution is 2.32. The van der Waals surface area contributed by atoms with Crippen LogP contribution in [-0.4, -0.2) is 105 Å². The van der Waals surface area contributed by atoms with E-state index in [0.717, 1.165) is 56.1 Å². The van der Waals surface area contributed by atoms with E-state index in [2.05, 4.69) is 14.9 Å². The van der Waals surface area contributed by atoms with E-state index in [-0.39, 0.29) is 10.8 Å². The predicted molar refractivity (Wildman–Crippen MR) is 182 cm³/mol. The molecule has 1 amide bonds. The third-order valence-corrected chi connectivity index (χ3v) is 10.3. The number of hydrogen-bond donors (Lipinski definition) is 2. The molecule has 3 heterocycles. The molecule has 3 aromatic rings. The number of morpholine rings is 1. The molecule has 3 saturated heterocycles. The second kappa shape index (κ2) is 16.1. The molecule has 0 atom stereocenters. The second-order valence-electron chi connectivity index (χ2n) is 12.1. The smallest absolute Gasteiger partial charge is 0.378 e. The van der Waals surface area contributed by atoms with Gasteiger partial charge in [0.2, 0.25) is 10.0 Å². The van der Waals surface area contributed by atoms with Crippen molar-refractivity contribution in [3.05, 3.63) is 83.4 Å². The zero-order chi connectivity index (χ0) is 36.8. The molecular formula is C34H40F6N6O4S. The van der Waals surface area contributed by atoms with Crippen molar-refractivity contribution in [1.82, 2.24) is 14.9 Å². The Morgan fingerprint density at radius 3 is 1.65 bits per heavy atom. The van der Waals surface area contributed by atoms with Crippen molar-refractivity contribution in [3.63, 3.8) is 0 Å². The summed E-state index contributed by atoms with van der Waals surface area (Å²) >= 11 is 0. The Morgan fingerprint density at radius 2 is 1.18 bits per heavy atom. The molecule has 0 unspecified atom stereocenters. The van der Waals surface area contributed by atoms with Crippen molar-refractivity contribution in [3.8, 4) is 0 Å². The van der Waals surface area contributed by atoms with Crippen LogP contribution >= 0.6 is 0 Å². The molecule has 17 heteroatoms. The second-order valence-corrected chi connectivity index (χ2v) is 14.0. The minimum atomic E-state index is -4.39. The van der Waals surface area contributed by atoms with Gasteiger partial charge in [0.15, 0.2) is 0 Å². The summed E-state index contributed by atoms with van der Waals surface area (Å²) in [5.41, 5.74) is 1.16. The largest absolute Gasteiger partial charge is 0.416 e. The molecule has 51 heavy (non-hydrogen) atoms. The summed E-state index contributed by atoms with van der Waals surface area (Å²) in [5, 5.41) is 3.20. The lowest BCUT2D eigenvalue weighted by atomic mass is 10.1. The van der Waals surface area contributed by atoms with E-state index >= 15 is 0 Å². The molecule has 0 saturated carbocycles. The summed E-state index contributed by atoms with van der Waals surface area (Å²) in [7, 11) is -2.43. The van der Waals surface area contributed by atoms with Gasteiger partial charge in [-0.2, -0.15) is 26.3 Å². The van der Waals surface area contributed by atoms with Gasteiger partial charge in [0.1, 0.15) is 0 Å². The van der Waals surface area contributed by atoms with Crippen LogP contribution in [0.15, 0.2) is 71.6 Å². The first-order chi connectivity index (χ1) is 24.2. The van der Waals surface area contributed by atoms with Crippen LogP contribution in [0.4, 0.5) is 43.4 Å². The number of anilines is 3. The molecule has 3 aromatic carbocycles. The molecule has 2 N–H and O–H groups in total. The van der Waals surface area contributed by atoms with Crippen molar-refractivity contribution >= 4 is 33.0 Å². The van der Waals surface area contributed by atoms with Gasteiger partial charge in [0.25, 0.3) is 5.91 Å². The van der Waals surface area contributed by atoms with Crippen molar-refractivity contribution < 1.29 is 44.3 Å². The third-order valence-electron chi connectivity index (χ3n) is 8.93. The molecule has 0 radical (unpaired) electrons. The summed E-state index contributed by atoms with van der Waals surface area (Å²) in [6, 6.07) is 14.9. The zero-order valence-corrected chi connectivity index (χ0v) is 28.8.